The molecular weight excluding hydrogens is 372 g/mol. The third-order valence-corrected chi connectivity index (χ3v) is 6.24. The number of carbonyl (C=O) groups excluding carboxylic acids is 2. The van der Waals surface area contributed by atoms with Crippen LogP contribution in [0.1, 0.15) is 51.6 Å². The largest absolute Gasteiger partial charge is 0.341 e. The SMILES string of the molecule is CCN(CC)C(=O)C1(NC(=O)Cc2csc(-c3ccccn3)n2)CCCCC1. The highest BCUT2D eigenvalue weighted by Gasteiger charge is 2.42. The molecule has 0 atom stereocenters. The summed E-state index contributed by atoms with van der Waals surface area (Å²) >= 11 is 1.48. The van der Waals surface area contributed by atoms with Crippen molar-refractivity contribution in [3.05, 3.63) is 35.5 Å². The van der Waals surface area contributed by atoms with Crippen molar-refractivity contribution < 1.29 is 9.59 Å². The van der Waals surface area contributed by atoms with Crippen molar-refractivity contribution in [3.8, 4) is 10.7 Å². The molecule has 0 saturated heterocycles. The molecule has 0 aliphatic heterocycles. The molecule has 2 heterocycles. The van der Waals surface area contributed by atoms with Crippen LogP contribution in [0.4, 0.5) is 0 Å². The van der Waals surface area contributed by atoms with Crippen molar-refractivity contribution in [3.63, 3.8) is 0 Å². The lowest BCUT2D eigenvalue weighted by Gasteiger charge is -2.40. The van der Waals surface area contributed by atoms with Gasteiger partial charge in [-0.25, -0.2) is 4.98 Å². The van der Waals surface area contributed by atoms with Gasteiger partial charge in [-0.1, -0.05) is 25.3 Å². The third-order valence-electron chi connectivity index (χ3n) is 5.32. The first-order valence-corrected chi connectivity index (χ1v) is 10.9. The van der Waals surface area contributed by atoms with Gasteiger partial charge in [0.05, 0.1) is 17.8 Å². The minimum Gasteiger partial charge on any atom is -0.341 e. The molecule has 0 aromatic carbocycles. The second-order valence-corrected chi connectivity index (χ2v) is 8.06. The van der Waals surface area contributed by atoms with Crippen LogP contribution in [-0.4, -0.2) is 45.3 Å². The van der Waals surface area contributed by atoms with Crippen LogP contribution in [0.2, 0.25) is 0 Å². The highest BCUT2D eigenvalue weighted by Crippen LogP contribution is 2.30. The van der Waals surface area contributed by atoms with Crippen molar-refractivity contribution in [2.24, 2.45) is 0 Å². The van der Waals surface area contributed by atoms with Gasteiger partial charge in [0.15, 0.2) is 0 Å². The summed E-state index contributed by atoms with van der Waals surface area (Å²) in [6.07, 6.45) is 6.38. The maximum atomic E-state index is 13.1. The van der Waals surface area contributed by atoms with E-state index >= 15 is 0 Å². The molecule has 1 fully saturated rings. The van der Waals surface area contributed by atoms with Crippen LogP contribution in [0.3, 0.4) is 0 Å². The number of amides is 2. The Hall–Kier alpha value is -2.28. The summed E-state index contributed by atoms with van der Waals surface area (Å²) in [7, 11) is 0. The molecule has 3 rings (SSSR count). The van der Waals surface area contributed by atoms with E-state index in [0.717, 1.165) is 30.0 Å². The topological polar surface area (TPSA) is 75.2 Å². The zero-order chi connectivity index (χ0) is 20.0. The van der Waals surface area contributed by atoms with E-state index in [-0.39, 0.29) is 18.2 Å². The lowest BCUT2D eigenvalue weighted by molar-refractivity contribution is -0.143. The van der Waals surface area contributed by atoms with E-state index in [1.54, 1.807) is 6.20 Å². The minimum atomic E-state index is -0.763. The van der Waals surface area contributed by atoms with Crippen LogP contribution < -0.4 is 5.32 Å². The Morgan fingerprint density at radius 2 is 1.93 bits per heavy atom. The highest BCUT2D eigenvalue weighted by molar-refractivity contribution is 7.13. The summed E-state index contributed by atoms with van der Waals surface area (Å²) in [5, 5.41) is 5.79. The van der Waals surface area contributed by atoms with Gasteiger partial charge < -0.3 is 10.2 Å². The molecular formula is C21H28N4O2S. The third kappa shape index (κ3) is 4.58. The molecule has 28 heavy (non-hydrogen) atoms. The number of likely N-dealkylation sites (N-methyl/N-ethyl adjacent to an activating group) is 1. The fourth-order valence-corrected chi connectivity index (χ4v) is 4.63. The second kappa shape index (κ2) is 9.28. The smallest absolute Gasteiger partial charge is 0.248 e. The van der Waals surface area contributed by atoms with Crippen molar-refractivity contribution >= 4 is 23.2 Å². The van der Waals surface area contributed by atoms with Gasteiger partial charge in [-0.2, -0.15) is 0 Å². The van der Waals surface area contributed by atoms with Crippen molar-refractivity contribution in [1.82, 2.24) is 20.2 Å². The van der Waals surface area contributed by atoms with Gasteiger partial charge >= 0.3 is 0 Å². The minimum absolute atomic E-state index is 0.0537. The monoisotopic (exact) mass is 400 g/mol. The number of aromatic nitrogens is 2. The predicted molar refractivity (Wildman–Crippen MR) is 111 cm³/mol. The average Bonchev–Trinajstić information content (AvgIpc) is 3.18. The first kappa shape index (κ1) is 20.5. The van der Waals surface area contributed by atoms with Crippen LogP contribution in [0.15, 0.2) is 29.8 Å². The zero-order valence-electron chi connectivity index (χ0n) is 16.6. The van der Waals surface area contributed by atoms with Crippen LogP contribution in [0.25, 0.3) is 10.7 Å². The Bertz CT molecular complexity index is 796. The number of pyridine rings is 1. The van der Waals surface area contributed by atoms with Gasteiger partial charge in [0.2, 0.25) is 11.8 Å². The molecule has 0 radical (unpaired) electrons. The summed E-state index contributed by atoms with van der Waals surface area (Å²) in [5.41, 5.74) is 0.755. The highest BCUT2D eigenvalue weighted by atomic mass is 32.1. The number of rotatable bonds is 7. The van der Waals surface area contributed by atoms with Crippen LogP contribution >= 0.6 is 11.3 Å². The number of hydrogen-bond acceptors (Lipinski definition) is 5. The second-order valence-electron chi connectivity index (χ2n) is 7.20. The molecule has 7 heteroatoms. The maximum Gasteiger partial charge on any atom is 0.248 e. The van der Waals surface area contributed by atoms with Crippen molar-refractivity contribution in [2.75, 3.05) is 13.1 Å². The molecule has 2 aromatic heterocycles. The number of hydrogen-bond donors (Lipinski definition) is 1. The summed E-state index contributed by atoms with van der Waals surface area (Å²) in [6, 6.07) is 5.69. The van der Waals surface area contributed by atoms with Crippen LogP contribution in [0.5, 0.6) is 0 Å². The molecule has 1 aliphatic rings. The molecule has 0 unspecified atom stereocenters. The molecule has 1 aliphatic carbocycles. The van der Waals surface area contributed by atoms with Crippen LogP contribution in [-0.2, 0) is 16.0 Å². The average molecular weight is 401 g/mol. The van der Waals surface area contributed by atoms with E-state index < -0.39 is 5.54 Å². The van der Waals surface area contributed by atoms with E-state index in [1.807, 2.05) is 42.3 Å². The molecule has 150 valence electrons. The number of carbonyl (C=O) groups is 2. The molecule has 1 saturated carbocycles. The van der Waals surface area contributed by atoms with E-state index in [2.05, 4.69) is 15.3 Å². The molecule has 2 aromatic rings. The van der Waals surface area contributed by atoms with Gasteiger partial charge in [-0.15, -0.1) is 11.3 Å². The van der Waals surface area contributed by atoms with E-state index in [9.17, 15) is 9.59 Å². The van der Waals surface area contributed by atoms with E-state index in [0.29, 0.717) is 31.6 Å². The zero-order valence-corrected chi connectivity index (χ0v) is 17.4. The number of nitrogens with one attached hydrogen (secondary N) is 1. The lowest BCUT2D eigenvalue weighted by Crippen LogP contribution is -2.60. The van der Waals surface area contributed by atoms with Gasteiger partial charge in [0.25, 0.3) is 0 Å². The summed E-state index contributed by atoms with van der Waals surface area (Å²) in [6.45, 7) is 5.28. The Morgan fingerprint density at radius 3 is 2.57 bits per heavy atom. The molecule has 6 nitrogen and oxygen atoms in total. The van der Waals surface area contributed by atoms with Crippen molar-refractivity contribution in [1.29, 1.82) is 0 Å². The number of thiazole rings is 1. The summed E-state index contributed by atoms with van der Waals surface area (Å²) in [4.78, 5) is 36.6. The molecule has 1 N–H and O–H groups in total. The Labute approximate surface area is 170 Å². The van der Waals surface area contributed by atoms with Crippen LogP contribution in [0, 0.1) is 0 Å². The Morgan fingerprint density at radius 1 is 1.18 bits per heavy atom. The molecule has 2 amide bonds. The predicted octanol–water partition coefficient (Wildman–Crippen LogP) is 3.44. The van der Waals surface area contributed by atoms with Gasteiger partial charge in [-0.05, 0) is 38.8 Å². The number of nitrogens with zero attached hydrogens (tertiary/aromatic N) is 3. The van der Waals surface area contributed by atoms with Gasteiger partial charge in [0, 0.05) is 24.7 Å². The fraction of sp³-hybridized carbons (Fsp3) is 0.524. The van der Waals surface area contributed by atoms with E-state index in [1.165, 1.54) is 11.3 Å². The first-order chi connectivity index (χ1) is 13.6. The first-order valence-electron chi connectivity index (χ1n) is 10.0. The normalized spacial score (nSPS) is 15.8. The quantitative estimate of drug-likeness (QED) is 0.773. The lowest BCUT2D eigenvalue weighted by atomic mass is 9.80. The standard InChI is InChI=1S/C21H28N4O2S/c1-3-25(4-2)20(27)21(11-7-5-8-12-21)24-18(26)14-16-15-28-19(23-16)17-10-6-9-13-22-17/h6,9-10,13,15H,3-5,7-8,11-12,14H2,1-2H3,(H,24,26). The fourth-order valence-electron chi connectivity index (χ4n) is 3.83. The van der Waals surface area contributed by atoms with E-state index in [4.69, 9.17) is 0 Å². The summed E-state index contributed by atoms with van der Waals surface area (Å²) in [5.74, 6) is -0.0849. The Kier molecular flexibility index (Phi) is 6.78. The maximum absolute atomic E-state index is 13.1. The van der Waals surface area contributed by atoms with Gasteiger partial charge in [0.1, 0.15) is 10.5 Å². The Balaban J connectivity index is 1.71. The summed E-state index contributed by atoms with van der Waals surface area (Å²) < 4.78 is 0. The van der Waals surface area contributed by atoms with Crippen molar-refractivity contribution in [2.45, 2.75) is 57.9 Å². The van der Waals surface area contributed by atoms with Gasteiger partial charge in [-0.3, -0.25) is 14.6 Å². The molecule has 0 spiro atoms. The molecule has 0 bridgehead atoms.